The van der Waals surface area contributed by atoms with Crippen molar-refractivity contribution in [2.24, 2.45) is 35.5 Å². The minimum atomic E-state index is 0.394. The fourth-order valence-electron chi connectivity index (χ4n) is 4.86. The van der Waals surface area contributed by atoms with E-state index in [1.54, 1.807) is 0 Å². The van der Waals surface area contributed by atoms with Crippen LogP contribution in [0.15, 0.2) is 24.3 Å². The highest BCUT2D eigenvalue weighted by Gasteiger charge is 2.36. The lowest BCUT2D eigenvalue weighted by atomic mass is 9.95. The van der Waals surface area contributed by atoms with E-state index in [1.165, 1.54) is 25.7 Å². The molecule has 6 rings (SSSR count). The van der Waals surface area contributed by atoms with Crippen LogP contribution in [0.5, 0.6) is 0 Å². The average Bonchev–Trinajstić information content (AvgIpc) is 3.53. The van der Waals surface area contributed by atoms with Crippen LogP contribution in [0.4, 0.5) is 0 Å². The summed E-state index contributed by atoms with van der Waals surface area (Å²) in [4.78, 5) is 0. The number of alkyl halides is 1. The van der Waals surface area contributed by atoms with Crippen LogP contribution >= 0.6 is 11.6 Å². The Bertz CT molecular complexity index is 528. The molecule has 0 radical (unpaired) electrons. The SMILES string of the molecule is C1=CC2CC1CC2COCC1CO1.ClCC1CO1.OCC1CC2C=CC1C2. The molecule has 8 atom stereocenters. The molecule has 2 heterocycles. The summed E-state index contributed by atoms with van der Waals surface area (Å²) >= 11 is 5.27. The van der Waals surface area contributed by atoms with Crippen LogP contribution in [0.1, 0.15) is 25.7 Å². The van der Waals surface area contributed by atoms with E-state index >= 15 is 0 Å². The van der Waals surface area contributed by atoms with Crippen LogP contribution in [0.3, 0.4) is 0 Å². The predicted molar refractivity (Wildman–Crippen MR) is 106 cm³/mol. The Labute approximate surface area is 167 Å². The Kier molecular flexibility index (Phi) is 6.93. The monoisotopic (exact) mass is 396 g/mol. The van der Waals surface area contributed by atoms with Crippen molar-refractivity contribution in [2.75, 3.05) is 38.9 Å². The van der Waals surface area contributed by atoms with E-state index in [1.807, 2.05) is 0 Å². The van der Waals surface area contributed by atoms with Crippen LogP contribution in [0.25, 0.3) is 0 Å². The number of aliphatic hydroxyl groups excluding tert-OH is 1. The zero-order chi connectivity index (χ0) is 18.6. The van der Waals surface area contributed by atoms with Crippen molar-refractivity contribution < 1.29 is 19.3 Å². The minimum absolute atomic E-state index is 0.394. The Morgan fingerprint density at radius 2 is 1.41 bits per heavy atom. The molecule has 2 aliphatic heterocycles. The lowest BCUT2D eigenvalue weighted by Crippen LogP contribution is -2.16. The maximum Gasteiger partial charge on any atom is 0.104 e. The number of hydrogen-bond acceptors (Lipinski definition) is 4. The summed E-state index contributed by atoms with van der Waals surface area (Å²) in [5.41, 5.74) is 0. The molecule has 4 aliphatic carbocycles. The third-order valence-electron chi connectivity index (χ3n) is 6.68. The summed E-state index contributed by atoms with van der Waals surface area (Å²) in [5, 5.41) is 8.85. The van der Waals surface area contributed by atoms with Crippen molar-refractivity contribution in [3.63, 3.8) is 0 Å². The molecule has 4 bridgehead atoms. The summed E-state index contributed by atoms with van der Waals surface area (Å²) in [6.45, 7) is 3.95. The molecule has 2 saturated heterocycles. The Balaban J connectivity index is 0.000000111. The third-order valence-corrected chi connectivity index (χ3v) is 7.02. The Morgan fingerprint density at radius 1 is 0.815 bits per heavy atom. The van der Waals surface area contributed by atoms with E-state index in [0.29, 0.717) is 30.6 Å². The lowest BCUT2D eigenvalue weighted by Gasteiger charge is -2.17. The Hall–Kier alpha value is -0.390. The van der Waals surface area contributed by atoms with Gasteiger partial charge in [0, 0.05) is 6.61 Å². The van der Waals surface area contributed by atoms with Crippen molar-refractivity contribution in [3.05, 3.63) is 24.3 Å². The quantitative estimate of drug-likeness (QED) is 0.424. The van der Waals surface area contributed by atoms with Crippen molar-refractivity contribution in [1.82, 2.24) is 0 Å². The molecule has 1 N–H and O–H groups in total. The summed E-state index contributed by atoms with van der Waals surface area (Å²) < 4.78 is 15.5. The predicted octanol–water partition coefficient (Wildman–Crippen LogP) is 3.43. The van der Waals surface area contributed by atoms with Gasteiger partial charge in [-0.2, -0.15) is 0 Å². The van der Waals surface area contributed by atoms with E-state index in [4.69, 9.17) is 30.9 Å². The standard InChI is InChI=1S/C11H16O2.C8H12O.C3H5ClO/c1-2-9-3-8(1)4-10(9)5-12-6-11-7-13-11;9-5-8-4-6-1-2-7(8)3-6;4-1-3-2-5-3/h1-2,8-11H,3-7H2;1-2,6-9H,3-5H2;3H,1-2H2. The highest BCUT2D eigenvalue weighted by atomic mass is 35.5. The largest absolute Gasteiger partial charge is 0.396 e. The third kappa shape index (κ3) is 5.80. The number of fused-ring (bicyclic) bond motifs is 4. The fraction of sp³-hybridized carbons (Fsp3) is 0.818. The molecule has 8 unspecified atom stereocenters. The van der Waals surface area contributed by atoms with Gasteiger partial charge in [0.1, 0.15) is 6.10 Å². The van der Waals surface area contributed by atoms with Gasteiger partial charge < -0.3 is 19.3 Å². The van der Waals surface area contributed by atoms with Gasteiger partial charge in [0.05, 0.1) is 38.4 Å². The summed E-state index contributed by atoms with van der Waals surface area (Å²) in [6.07, 6.45) is 15.4. The first kappa shape index (κ1) is 19.9. The van der Waals surface area contributed by atoms with Crippen molar-refractivity contribution in [2.45, 2.75) is 37.9 Å². The fourth-order valence-corrected chi connectivity index (χ4v) is 5.04. The molecule has 0 aromatic heterocycles. The maximum atomic E-state index is 8.85. The van der Waals surface area contributed by atoms with E-state index in [-0.39, 0.29) is 0 Å². The number of aliphatic hydroxyl groups is 1. The lowest BCUT2D eigenvalue weighted by molar-refractivity contribution is 0.0784. The molecular formula is C22H33ClO4. The molecule has 0 aromatic carbocycles. The second-order valence-corrected chi connectivity index (χ2v) is 9.17. The molecule has 4 fully saturated rings. The zero-order valence-electron chi connectivity index (χ0n) is 16.0. The van der Waals surface area contributed by atoms with Gasteiger partial charge in [0.25, 0.3) is 0 Å². The first-order valence-corrected chi connectivity index (χ1v) is 11.1. The second kappa shape index (κ2) is 9.41. The average molecular weight is 397 g/mol. The van der Waals surface area contributed by atoms with E-state index in [2.05, 4.69) is 24.3 Å². The van der Waals surface area contributed by atoms with E-state index in [9.17, 15) is 0 Å². The van der Waals surface area contributed by atoms with Crippen LogP contribution in [-0.2, 0) is 14.2 Å². The van der Waals surface area contributed by atoms with Crippen molar-refractivity contribution in [1.29, 1.82) is 0 Å². The van der Waals surface area contributed by atoms with Gasteiger partial charge in [-0.1, -0.05) is 24.3 Å². The number of rotatable bonds is 6. The molecule has 5 heteroatoms. The molecule has 152 valence electrons. The topological polar surface area (TPSA) is 54.5 Å². The first-order chi connectivity index (χ1) is 13.2. The van der Waals surface area contributed by atoms with Gasteiger partial charge in [-0.05, 0) is 61.2 Å². The van der Waals surface area contributed by atoms with Crippen molar-refractivity contribution >= 4 is 11.6 Å². The van der Waals surface area contributed by atoms with Crippen LogP contribution in [0, 0.1) is 35.5 Å². The molecule has 0 spiro atoms. The summed E-state index contributed by atoms with van der Waals surface area (Å²) in [5.74, 6) is 5.29. The first-order valence-electron chi connectivity index (χ1n) is 10.6. The second-order valence-electron chi connectivity index (χ2n) is 8.87. The van der Waals surface area contributed by atoms with Gasteiger partial charge in [-0.15, -0.1) is 11.6 Å². The molecule has 27 heavy (non-hydrogen) atoms. The highest BCUT2D eigenvalue weighted by molar-refractivity contribution is 6.18. The number of ether oxygens (including phenoxy) is 3. The van der Waals surface area contributed by atoms with E-state index < -0.39 is 0 Å². The van der Waals surface area contributed by atoms with Gasteiger partial charge in [0.2, 0.25) is 0 Å². The maximum absolute atomic E-state index is 8.85. The van der Waals surface area contributed by atoms with Crippen LogP contribution in [0.2, 0.25) is 0 Å². The molecule has 6 aliphatic rings. The van der Waals surface area contributed by atoms with Crippen molar-refractivity contribution in [3.8, 4) is 0 Å². The zero-order valence-corrected chi connectivity index (χ0v) is 16.8. The molecule has 0 amide bonds. The van der Waals surface area contributed by atoms with Gasteiger partial charge >= 0.3 is 0 Å². The Morgan fingerprint density at radius 3 is 1.74 bits per heavy atom. The summed E-state index contributed by atoms with van der Waals surface area (Å²) in [6, 6.07) is 0. The smallest absolute Gasteiger partial charge is 0.104 e. The van der Waals surface area contributed by atoms with Crippen LogP contribution in [-0.4, -0.2) is 56.2 Å². The number of hydrogen-bond donors (Lipinski definition) is 1. The summed E-state index contributed by atoms with van der Waals surface area (Å²) in [7, 11) is 0. The number of halogens is 1. The van der Waals surface area contributed by atoms with Gasteiger partial charge in [-0.25, -0.2) is 0 Å². The minimum Gasteiger partial charge on any atom is -0.396 e. The van der Waals surface area contributed by atoms with Crippen LogP contribution < -0.4 is 0 Å². The molecule has 2 saturated carbocycles. The normalized spacial score (nSPS) is 43.9. The number of epoxide rings is 2. The van der Waals surface area contributed by atoms with Gasteiger partial charge in [0.15, 0.2) is 0 Å². The van der Waals surface area contributed by atoms with E-state index in [0.717, 1.165) is 56.0 Å². The highest BCUT2D eigenvalue weighted by Crippen LogP contribution is 2.43. The number of allylic oxidation sites excluding steroid dienone is 4. The van der Waals surface area contributed by atoms with Gasteiger partial charge in [-0.3, -0.25) is 0 Å². The molecule has 4 nitrogen and oxygen atoms in total. The molecular weight excluding hydrogens is 364 g/mol. The molecule has 0 aromatic rings.